The minimum absolute atomic E-state index is 0.0797. The number of nitriles is 1. The molecular formula is C11H11N5O3. The monoisotopic (exact) mass is 261 g/mol. The maximum absolute atomic E-state index is 11.1. The van der Waals surface area contributed by atoms with Crippen LogP contribution in [0.15, 0.2) is 23.3 Å². The molecule has 1 rings (SSSR count). The second-order valence-electron chi connectivity index (χ2n) is 3.31. The van der Waals surface area contributed by atoms with E-state index in [1.807, 2.05) is 0 Å². The van der Waals surface area contributed by atoms with Crippen LogP contribution in [0.25, 0.3) is 0 Å². The van der Waals surface area contributed by atoms with Crippen molar-refractivity contribution in [1.82, 2.24) is 0 Å². The number of hydrogen-bond acceptors (Lipinski definition) is 6. The SMILES string of the molecule is COc1ccc(N/N=C(\C#N)C(=N)N)c(C(=O)O)c1. The van der Waals surface area contributed by atoms with E-state index in [2.05, 4.69) is 10.5 Å². The van der Waals surface area contributed by atoms with Crippen molar-refractivity contribution in [3.05, 3.63) is 23.8 Å². The Hall–Kier alpha value is -3.08. The van der Waals surface area contributed by atoms with Crippen LogP contribution in [-0.2, 0) is 0 Å². The van der Waals surface area contributed by atoms with Gasteiger partial charge in [0.25, 0.3) is 0 Å². The van der Waals surface area contributed by atoms with Crippen molar-refractivity contribution >= 4 is 23.2 Å². The standard InChI is InChI=1S/C11H11N5O3/c1-19-6-2-3-8(7(4-6)11(17)18)15-16-9(5-12)10(13)14/h2-4,15H,1H3,(H3,13,14)(H,17,18)/b16-9+. The van der Waals surface area contributed by atoms with Gasteiger partial charge in [0.15, 0.2) is 5.84 Å². The Morgan fingerprint density at radius 2 is 2.32 bits per heavy atom. The molecule has 1 aromatic rings. The highest BCUT2D eigenvalue weighted by Crippen LogP contribution is 2.22. The van der Waals surface area contributed by atoms with E-state index >= 15 is 0 Å². The molecule has 8 heteroatoms. The van der Waals surface area contributed by atoms with Gasteiger partial charge in [-0.05, 0) is 18.2 Å². The zero-order valence-corrected chi connectivity index (χ0v) is 9.97. The van der Waals surface area contributed by atoms with Gasteiger partial charge in [-0.1, -0.05) is 0 Å². The molecule has 0 spiro atoms. The summed E-state index contributed by atoms with van der Waals surface area (Å²) >= 11 is 0. The van der Waals surface area contributed by atoms with Crippen molar-refractivity contribution in [3.8, 4) is 11.8 Å². The summed E-state index contributed by atoms with van der Waals surface area (Å²) < 4.78 is 4.91. The molecule has 0 unspecified atom stereocenters. The topological polar surface area (TPSA) is 145 Å². The number of nitrogens with zero attached hydrogens (tertiary/aromatic N) is 2. The highest BCUT2D eigenvalue weighted by atomic mass is 16.5. The summed E-state index contributed by atoms with van der Waals surface area (Å²) in [7, 11) is 1.41. The van der Waals surface area contributed by atoms with Crippen LogP contribution in [0.1, 0.15) is 10.4 Å². The van der Waals surface area contributed by atoms with E-state index in [0.29, 0.717) is 5.75 Å². The molecule has 0 aliphatic heterocycles. The van der Waals surface area contributed by atoms with Crippen molar-refractivity contribution in [3.63, 3.8) is 0 Å². The first kappa shape index (κ1) is 14.0. The number of amidine groups is 1. The van der Waals surface area contributed by atoms with Crippen LogP contribution in [-0.4, -0.2) is 29.7 Å². The molecule has 0 amide bonds. The summed E-state index contributed by atoms with van der Waals surface area (Å²) in [6.45, 7) is 0. The van der Waals surface area contributed by atoms with E-state index in [1.165, 1.54) is 25.3 Å². The number of ether oxygens (including phenoxy) is 1. The van der Waals surface area contributed by atoms with Crippen LogP contribution in [0.5, 0.6) is 5.75 Å². The number of nitrogens with one attached hydrogen (secondary N) is 2. The molecule has 0 aliphatic carbocycles. The zero-order valence-electron chi connectivity index (χ0n) is 9.97. The summed E-state index contributed by atoms with van der Waals surface area (Å²) in [6, 6.07) is 5.88. The Morgan fingerprint density at radius 1 is 1.63 bits per heavy atom. The Balaban J connectivity index is 3.11. The molecule has 0 aromatic heterocycles. The number of benzene rings is 1. The van der Waals surface area contributed by atoms with Crippen molar-refractivity contribution in [2.24, 2.45) is 10.8 Å². The average molecular weight is 261 g/mol. The first-order valence-corrected chi connectivity index (χ1v) is 4.99. The summed E-state index contributed by atoms with van der Waals surface area (Å²) in [5.41, 5.74) is 7.23. The number of carbonyl (C=O) groups is 1. The van der Waals surface area contributed by atoms with Crippen LogP contribution in [0.2, 0.25) is 0 Å². The highest BCUT2D eigenvalue weighted by Gasteiger charge is 2.11. The highest BCUT2D eigenvalue weighted by molar-refractivity contribution is 6.45. The molecule has 0 saturated carbocycles. The van der Waals surface area contributed by atoms with Gasteiger partial charge in [-0.15, -0.1) is 0 Å². The molecule has 0 atom stereocenters. The summed E-state index contributed by atoms with van der Waals surface area (Å²) in [4.78, 5) is 11.1. The Kier molecular flexibility index (Phi) is 4.43. The van der Waals surface area contributed by atoms with Crippen LogP contribution >= 0.6 is 0 Å². The van der Waals surface area contributed by atoms with E-state index in [1.54, 1.807) is 6.07 Å². The zero-order chi connectivity index (χ0) is 14.4. The largest absolute Gasteiger partial charge is 0.497 e. The number of hydrazone groups is 1. The normalized spacial score (nSPS) is 10.4. The number of nitrogens with two attached hydrogens (primary N) is 1. The number of hydrogen-bond donors (Lipinski definition) is 4. The fourth-order valence-electron chi connectivity index (χ4n) is 1.19. The molecule has 0 radical (unpaired) electrons. The lowest BCUT2D eigenvalue weighted by molar-refractivity contribution is 0.0697. The van der Waals surface area contributed by atoms with Crippen molar-refractivity contribution in [2.75, 3.05) is 12.5 Å². The summed E-state index contributed by atoms with van der Waals surface area (Å²) in [6.07, 6.45) is 0. The number of anilines is 1. The van der Waals surface area contributed by atoms with Crippen LogP contribution in [0.3, 0.4) is 0 Å². The van der Waals surface area contributed by atoms with Crippen molar-refractivity contribution in [1.29, 1.82) is 10.7 Å². The van der Waals surface area contributed by atoms with Gasteiger partial charge < -0.3 is 15.6 Å². The smallest absolute Gasteiger partial charge is 0.338 e. The molecule has 8 nitrogen and oxygen atoms in total. The molecule has 0 heterocycles. The van der Waals surface area contributed by atoms with Gasteiger partial charge in [-0.2, -0.15) is 10.4 Å². The van der Waals surface area contributed by atoms with Gasteiger partial charge in [0, 0.05) is 0 Å². The van der Waals surface area contributed by atoms with Gasteiger partial charge in [0.1, 0.15) is 11.8 Å². The third-order valence-corrected chi connectivity index (χ3v) is 2.11. The predicted molar refractivity (Wildman–Crippen MR) is 68.5 cm³/mol. The van der Waals surface area contributed by atoms with Gasteiger partial charge >= 0.3 is 5.97 Å². The predicted octanol–water partition coefficient (Wildman–Crippen LogP) is 0.621. The fraction of sp³-hybridized carbons (Fsp3) is 0.0909. The number of aromatic carboxylic acids is 1. The lowest BCUT2D eigenvalue weighted by Crippen LogP contribution is -2.22. The van der Waals surface area contributed by atoms with E-state index in [4.69, 9.17) is 26.2 Å². The summed E-state index contributed by atoms with van der Waals surface area (Å²) in [5.74, 6) is -1.32. The fourth-order valence-corrected chi connectivity index (χ4v) is 1.19. The van der Waals surface area contributed by atoms with E-state index in [0.717, 1.165) is 0 Å². The first-order chi connectivity index (χ1) is 8.99. The maximum Gasteiger partial charge on any atom is 0.338 e. The van der Waals surface area contributed by atoms with Crippen LogP contribution < -0.4 is 15.9 Å². The molecule has 19 heavy (non-hydrogen) atoms. The van der Waals surface area contributed by atoms with Gasteiger partial charge in [0.05, 0.1) is 18.4 Å². The van der Waals surface area contributed by atoms with Gasteiger partial charge in [-0.25, -0.2) is 4.79 Å². The summed E-state index contributed by atoms with van der Waals surface area (Å²) in [5, 5.41) is 28.3. The van der Waals surface area contributed by atoms with Crippen LogP contribution in [0, 0.1) is 16.7 Å². The Morgan fingerprint density at radius 3 is 2.79 bits per heavy atom. The average Bonchev–Trinajstić information content (AvgIpc) is 2.38. The second-order valence-corrected chi connectivity index (χ2v) is 3.31. The molecule has 98 valence electrons. The molecule has 5 N–H and O–H groups in total. The number of methoxy groups -OCH3 is 1. The minimum Gasteiger partial charge on any atom is -0.497 e. The molecular weight excluding hydrogens is 250 g/mol. The van der Waals surface area contributed by atoms with E-state index in [-0.39, 0.29) is 17.0 Å². The van der Waals surface area contributed by atoms with E-state index in [9.17, 15) is 4.79 Å². The van der Waals surface area contributed by atoms with Gasteiger partial charge in [0.2, 0.25) is 5.71 Å². The minimum atomic E-state index is -1.18. The molecule has 0 bridgehead atoms. The van der Waals surface area contributed by atoms with Crippen LogP contribution in [0.4, 0.5) is 5.69 Å². The Labute approximate surface area is 108 Å². The molecule has 0 fully saturated rings. The molecule has 1 aromatic carbocycles. The lowest BCUT2D eigenvalue weighted by Gasteiger charge is -2.07. The van der Waals surface area contributed by atoms with Crippen molar-refractivity contribution < 1.29 is 14.6 Å². The third-order valence-electron chi connectivity index (χ3n) is 2.11. The number of carboxylic acids is 1. The lowest BCUT2D eigenvalue weighted by atomic mass is 10.1. The molecule has 0 saturated heterocycles. The Bertz CT molecular complexity index is 588. The quantitative estimate of drug-likeness (QED) is 0.347. The second kappa shape index (κ2) is 6.02. The molecule has 0 aliphatic rings. The maximum atomic E-state index is 11.1. The van der Waals surface area contributed by atoms with Gasteiger partial charge in [-0.3, -0.25) is 10.8 Å². The third kappa shape index (κ3) is 3.44. The number of carboxylic acid groups (broad SMARTS) is 1. The van der Waals surface area contributed by atoms with Crippen molar-refractivity contribution in [2.45, 2.75) is 0 Å². The van der Waals surface area contributed by atoms with E-state index < -0.39 is 11.8 Å². The first-order valence-electron chi connectivity index (χ1n) is 4.99. The number of rotatable bonds is 5.